The fourth-order valence-electron chi connectivity index (χ4n) is 4.28. The average molecular weight is 387 g/mol. The van der Waals surface area contributed by atoms with Crippen LogP contribution in [0.15, 0.2) is 28.7 Å². The molecular formula is C21H21N7O. The maximum atomic E-state index is 8.89. The molecule has 0 spiro atoms. The summed E-state index contributed by atoms with van der Waals surface area (Å²) >= 11 is 0. The number of fused-ring (bicyclic) bond motifs is 2. The normalized spacial score (nSPS) is 17.7. The minimum Gasteiger partial charge on any atom is -0.418 e. The highest BCUT2D eigenvalue weighted by Crippen LogP contribution is 2.41. The first-order valence-electron chi connectivity index (χ1n) is 9.86. The standard InChI is InChI=1S/C21H21N7O/c1-13-26-27-21(29-13)20-24-17-12-28(11-16(17)19(25-20)23-10-4-9-22)18-8-7-14-5-2-3-6-15(14)18/h2-3,5-6,18H,4,7-8,10-12H2,1H3,(H,23,24,25). The number of nitrogens with one attached hydrogen (secondary N) is 1. The summed E-state index contributed by atoms with van der Waals surface area (Å²) in [6.45, 7) is 3.82. The van der Waals surface area contributed by atoms with Crippen molar-refractivity contribution in [3.05, 3.63) is 52.5 Å². The van der Waals surface area contributed by atoms with Gasteiger partial charge >= 0.3 is 0 Å². The SMILES string of the molecule is Cc1nnc(-c2nc3c(c(NCCC#N)n2)CN(C2CCc4ccccc42)C3)o1. The third-order valence-electron chi connectivity index (χ3n) is 5.60. The Morgan fingerprint density at radius 3 is 2.97 bits per heavy atom. The van der Waals surface area contributed by atoms with Crippen LogP contribution in [0.5, 0.6) is 0 Å². The second kappa shape index (κ2) is 7.26. The number of rotatable bonds is 5. The van der Waals surface area contributed by atoms with E-state index in [9.17, 15) is 0 Å². The predicted molar refractivity (Wildman–Crippen MR) is 106 cm³/mol. The largest absolute Gasteiger partial charge is 0.418 e. The van der Waals surface area contributed by atoms with E-state index >= 15 is 0 Å². The molecule has 5 rings (SSSR count). The van der Waals surface area contributed by atoms with Gasteiger partial charge in [-0.15, -0.1) is 10.2 Å². The Labute approximate surface area is 168 Å². The van der Waals surface area contributed by atoms with Crippen molar-refractivity contribution < 1.29 is 4.42 Å². The Balaban J connectivity index is 1.48. The molecular weight excluding hydrogens is 366 g/mol. The summed E-state index contributed by atoms with van der Waals surface area (Å²) in [4.78, 5) is 11.9. The van der Waals surface area contributed by atoms with Gasteiger partial charge in [-0.05, 0) is 24.0 Å². The van der Waals surface area contributed by atoms with Crippen LogP contribution in [-0.2, 0) is 19.5 Å². The third-order valence-corrected chi connectivity index (χ3v) is 5.60. The van der Waals surface area contributed by atoms with Crippen LogP contribution in [0.3, 0.4) is 0 Å². The van der Waals surface area contributed by atoms with Crippen LogP contribution in [0.25, 0.3) is 11.7 Å². The first kappa shape index (κ1) is 17.8. The van der Waals surface area contributed by atoms with E-state index in [0.29, 0.717) is 36.6 Å². The molecule has 29 heavy (non-hydrogen) atoms. The van der Waals surface area contributed by atoms with Crippen molar-refractivity contribution in [2.45, 2.75) is 45.3 Å². The van der Waals surface area contributed by atoms with Gasteiger partial charge in [-0.25, -0.2) is 9.97 Å². The first-order valence-corrected chi connectivity index (χ1v) is 9.86. The second-order valence-corrected chi connectivity index (χ2v) is 7.44. The summed E-state index contributed by atoms with van der Waals surface area (Å²) in [5.41, 5.74) is 4.93. The van der Waals surface area contributed by atoms with E-state index in [4.69, 9.17) is 14.7 Å². The fourth-order valence-corrected chi connectivity index (χ4v) is 4.28. The van der Waals surface area contributed by atoms with Crippen molar-refractivity contribution in [3.63, 3.8) is 0 Å². The fraction of sp³-hybridized carbons (Fsp3) is 0.381. The highest BCUT2D eigenvalue weighted by atomic mass is 16.4. The molecule has 1 aromatic carbocycles. The molecule has 2 aromatic heterocycles. The van der Waals surface area contributed by atoms with Crippen molar-refractivity contribution in [2.75, 3.05) is 11.9 Å². The number of benzene rings is 1. The Hall–Kier alpha value is -3.31. The predicted octanol–water partition coefficient (Wildman–Crippen LogP) is 3.16. The first-order chi connectivity index (χ1) is 14.2. The van der Waals surface area contributed by atoms with E-state index in [1.54, 1.807) is 6.92 Å². The zero-order valence-electron chi connectivity index (χ0n) is 16.2. The maximum absolute atomic E-state index is 8.89. The topological polar surface area (TPSA) is 104 Å². The summed E-state index contributed by atoms with van der Waals surface area (Å²) in [5, 5.41) is 20.2. The maximum Gasteiger partial charge on any atom is 0.285 e. The molecule has 0 fully saturated rings. The summed E-state index contributed by atoms with van der Waals surface area (Å²) in [6, 6.07) is 11.2. The van der Waals surface area contributed by atoms with E-state index in [1.807, 2.05) is 0 Å². The van der Waals surface area contributed by atoms with Gasteiger partial charge in [0.15, 0.2) is 0 Å². The highest BCUT2D eigenvalue weighted by Gasteiger charge is 2.34. The Morgan fingerprint density at radius 1 is 1.24 bits per heavy atom. The number of nitrogens with zero attached hydrogens (tertiary/aromatic N) is 6. The minimum atomic E-state index is 0.318. The van der Waals surface area contributed by atoms with Gasteiger partial charge in [0.1, 0.15) is 5.82 Å². The van der Waals surface area contributed by atoms with Gasteiger partial charge in [0.25, 0.3) is 5.89 Å². The monoisotopic (exact) mass is 387 g/mol. The molecule has 1 unspecified atom stereocenters. The smallest absolute Gasteiger partial charge is 0.285 e. The van der Waals surface area contributed by atoms with Gasteiger partial charge in [-0.1, -0.05) is 24.3 Å². The van der Waals surface area contributed by atoms with Crippen molar-refractivity contribution >= 4 is 5.82 Å². The number of nitriles is 1. The molecule has 8 nitrogen and oxygen atoms in total. The zero-order chi connectivity index (χ0) is 19.8. The van der Waals surface area contributed by atoms with Crippen LogP contribution in [0.1, 0.15) is 47.2 Å². The number of hydrogen-bond donors (Lipinski definition) is 1. The summed E-state index contributed by atoms with van der Waals surface area (Å²) in [7, 11) is 0. The lowest BCUT2D eigenvalue weighted by molar-refractivity contribution is 0.199. The van der Waals surface area contributed by atoms with E-state index in [2.05, 4.69) is 55.7 Å². The molecule has 0 radical (unpaired) electrons. The Morgan fingerprint density at radius 2 is 2.14 bits per heavy atom. The molecule has 1 aliphatic heterocycles. The molecule has 2 aliphatic rings. The molecule has 146 valence electrons. The number of hydrogen-bond acceptors (Lipinski definition) is 8. The van der Waals surface area contributed by atoms with Crippen molar-refractivity contribution in [2.24, 2.45) is 0 Å². The molecule has 1 aliphatic carbocycles. The van der Waals surface area contributed by atoms with Crippen LogP contribution in [0.4, 0.5) is 5.82 Å². The molecule has 3 heterocycles. The van der Waals surface area contributed by atoms with Gasteiger partial charge in [0.2, 0.25) is 11.7 Å². The van der Waals surface area contributed by atoms with Crippen molar-refractivity contribution in [1.82, 2.24) is 25.1 Å². The van der Waals surface area contributed by atoms with Gasteiger partial charge in [-0.2, -0.15) is 5.26 Å². The third kappa shape index (κ3) is 3.23. The van der Waals surface area contributed by atoms with Crippen LogP contribution in [-0.4, -0.2) is 31.6 Å². The van der Waals surface area contributed by atoms with Crippen molar-refractivity contribution in [3.8, 4) is 17.8 Å². The molecule has 0 saturated carbocycles. The van der Waals surface area contributed by atoms with Crippen molar-refractivity contribution in [1.29, 1.82) is 5.26 Å². The second-order valence-electron chi connectivity index (χ2n) is 7.44. The molecule has 0 bridgehead atoms. The van der Waals surface area contributed by atoms with Crippen LogP contribution < -0.4 is 5.32 Å². The lowest BCUT2D eigenvalue weighted by Gasteiger charge is -2.24. The van der Waals surface area contributed by atoms with Gasteiger partial charge in [0, 0.05) is 38.2 Å². The molecule has 0 amide bonds. The minimum absolute atomic E-state index is 0.318. The number of anilines is 1. The number of aromatic nitrogens is 4. The van der Waals surface area contributed by atoms with Gasteiger partial charge in [-0.3, -0.25) is 4.90 Å². The Bertz CT molecular complexity index is 1100. The van der Waals surface area contributed by atoms with Crippen LogP contribution >= 0.6 is 0 Å². The molecule has 8 heteroatoms. The van der Waals surface area contributed by atoms with E-state index in [-0.39, 0.29) is 0 Å². The van der Waals surface area contributed by atoms with E-state index < -0.39 is 0 Å². The van der Waals surface area contributed by atoms with Gasteiger partial charge < -0.3 is 9.73 Å². The number of aryl methyl sites for hydroxylation is 2. The zero-order valence-corrected chi connectivity index (χ0v) is 16.2. The highest BCUT2D eigenvalue weighted by molar-refractivity contribution is 5.55. The van der Waals surface area contributed by atoms with Crippen LogP contribution in [0, 0.1) is 18.3 Å². The average Bonchev–Trinajstić information content (AvgIpc) is 3.45. The molecule has 0 saturated heterocycles. The lowest BCUT2D eigenvalue weighted by atomic mass is 10.1. The van der Waals surface area contributed by atoms with Crippen LogP contribution in [0.2, 0.25) is 0 Å². The molecule has 1 N–H and O–H groups in total. The van der Waals surface area contributed by atoms with Gasteiger partial charge in [0.05, 0.1) is 18.2 Å². The molecule has 1 atom stereocenters. The van der Waals surface area contributed by atoms with E-state index in [0.717, 1.165) is 43.0 Å². The summed E-state index contributed by atoms with van der Waals surface area (Å²) in [6.07, 6.45) is 2.64. The van der Waals surface area contributed by atoms with E-state index in [1.165, 1.54) is 11.1 Å². The molecule has 3 aromatic rings. The lowest BCUT2D eigenvalue weighted by Crippen LogP contribution is -2.21. The summed E-state index contributed by atoms with van der Waals surface area (Å²) in [5.74, 6) is 1.98. The quantitative estimate of drug-likeness (QED) is 0.666. The summed E-state index contributed by atoms with van der Waals surface area (Å²) < 4.78 is 5.54. The Kier molecular flexibility index (Phi) is 4.45.